The van der Waals surface area contributed by atoms with E-state index in [4.69, 9.17) is 0 Å². The van der Waals surface area contributed by atoms with E-state index >= 15 is 0 Å². The minimum atomic E-state index is -0.0307. The Bertz CT molecular complexity index is 700. The molecule has 0 N–H and O–H groups in total. The first kappa shape index (κ1) is 15.6. The molecule has 1 saturated heterocycles. The quantitative estimate of drug-likeness (QED) is 0.853. The van der Waals surface area contributed by atoms with Crippen LogP contribution in [0.4, 0.5) is 0 Å². The summed E-state index contributed by atoms with van der Waals surface area (Å²) in [6.45, 7) is 7.40. The molecule has 23 heavy (non-hydrogen) atoms. The van der Waals surface area contributed by atoms with Crippen LogP contribution in [-0.4, -0.2) is 58.9 Å². The van der Waals surface area contributed by atoms with Crippen molar-refractivity contribution in [1.29, 1.82) is 0 Å². The number of hydrogen-bond acceptors (Lipinski definition) is 4. The Kier molecular flexibility index (Phi) is 4.39. The third kappa shape index (κ3) is 3.56. The smallest absolute Gasteiger partial charge is 0.274 e. The highest BCUT2D eigenvalue weighted by molar-refractivity contribution is 5.92. The highest BCUT2D eigenvalue weighted by Gasteiger charge is 2.21. The lowest BCUT2D eigenvalue weighted by molar-refractivity contribution is 0.0658. The lowest BCUT2D eigenvalue weighted by Gasteiger charge is -2.32. The zero-order valence-electron chi connectivity index (χ0n) is 13.9. The number of piperazine rings is 1. The summed E-state index contributed by atoms with van der Waals surface area (Å²) in [6.07, 6.45) is 3.28. The van der Waals surface area contributed by atoms with Crippen molar-refractivity contribution in [2.45, 2.75) is 13.8 Å². The van der Waals surface area contributed by atoms with Gasteiger partial charge in [-0.15, -0.1) is 0 Å². The first-order valence-corrected chi connectivity index (χ1v) is 7.91. The molecule has 0 aliphatic carbocycles. The number of aryl methyl sites for hydroxylation is 2. The van der Waals surface area contributed by atoms with Crippen LogP contribution >= 0.6 is 0 Å². The van der Waals surface area contributed by atoms with E-state index in [1.54, 1.807) is 12.4 Å². The first-order chi connectivity index (χ1) is 11.0. The van der Waals surface area contributed by atoms with Crippen LogP contribution in [0, 0.1) is 13.8 Å². The summed E-state index contributed by atoms with van der Waals surface area (Å²) >= 11 is 0. The zero-order chi connectivity index (χ0) is 16.4. The second-order valence-electron chi connectivity index (χ2n) is 6.26. The van der Waals surface area contributed by atoms with Gasteiger partial charge in [-0.2, -0.15) is 0 Å². The van der Waals surface area contributed by atoms with E-state index in [-0.39, 0.29) is 5.91 Å². The summed E-state index contributed by atoms with van der Waals surface area (Å²) in [7, 11) is 2.07. The van der Waals surface area contributed by atoms with Crippen molar-refractivity contribution in [3.8, 4) is 11.3 Å². The molecular weight excluding hydrogens is 288 g/mol. The average Bonchev–Trinajstić information content (AvgIpc) is 2.54. The molecule has 0 spiro atoms. The van der Waals surface area contributed by atoms with E-state index in [2.05, 4.69) is 54.0 Å². The molecule has 2 aromatic rings. The molecule has 1 fully saturated rings. The summed E-state index contributed by atoms with van der Waals surface area (Å²) in [6, 6.07) is 6.26. The maximum Gasteiger partial charge on any atom is 0.274 e. The number of benzene rings is 1. The van der Waals surface area contributed by atoms with Gasteiger partial charge in [-0.1, -0.05) is 17.2 Å². The topological polar surface area (TPSA) is 49.3 Å². The molecule has 0 radical (unpaired) electrons. The Morgan fingerprint density at radius 3 is 2.30 bits per heavy atom. The lowest BCUT2D eigenvalue weighted by Crippen LogP contribution is -2.47. The average molecular weight is 310 g/mol. The number of carbonyl (C=O) groups excluding carboxylic acids is 1. The van der Waals surface area contributed by atoms with Gasteiger partial charge in [0, 0.05) is 31.7 Å². The van der Waals surface area contributed by atoms with Gasteiger partial charge >= 0.3 is 0 Å². The van der Waals surface area contributed by atoms with Crippen LogP contribution < -0.4 is 0 Å². The fraction of sp³-hybridized carbons (Fsp3) is 0.389. The van der Waals surface area contributed by atoms with Crippen LogP contribution in [-0.2, 0) is 0 Å². The van der Waals surface area contributed by atoms with Crippen LogP contribution in [0.3, 0.4) is 0 Å². The molecule has 3 rings (SSSR count). The molecule has 1 amide bonds. The summed E-state index contributed by atoms with van der Waals surface area (Å²) < 4.78 is 0. The molecule has 0 atom stereocenters. The molecule has 0 saturated carbocycles. The number of amides is 1. The molecule has 120 valence electrons. The van der Waals surface area contributed by atoms with Crippen LogP contribution in [0.5, 0.6) is 0 Å². The van der Waals surface area contributed by atoms with Crippen molar-refractivity contribution < 1.29 is 4.79 Å². The predicted octanol–water partition coefficient (Wildman–Crippen LogP) is 2.15. The van der Waals surface area contributed by atoms with E-state index < -0.39 is 0 Å². The van der Waals surface area contributed by atoms with Crippen molar-refractivity contribution in [3.63, 3.8) is 0 Å². The van der Waals surface area contributed by atoms with Crippen LogP contribution in [0.2, 0.25) is 0 Å². The van der Waals surface area contributed by atoms with Gasteiger partial charge in [-0.25, -0.2) is 4.98 Å². The van der Waals surface area contributed by atoms with Crippen LogP contribution in [0.25, 0.3) is 11.3 Å². The number of hydrogen-bond donors (Lipinski definition) is 0. The van der Waals surface area contributed by atoms with Gasteiger partial charge in [0.2, 0.25) is 0 Å². The third-order valence-electron chi connectivity index (χ3n) is 4.16. The standard InChI is InChI=1S/C18H22N4O/c1-13-8-14(2)10-15(9-13)16-11-19-12-17(20-16)18(23)22-6-4-21(3)5-7-22/h8-12H,4-7H2,1-3H3. The van der Waals surface area contributed by atoms with Gasteiger partial charge in [0.1, 0.15) is 5.69 Å². The van der Waals surface area contributed by atoms with Crippen LogP contribution in [0.1, 0.15) is 21.6 Å². The first-order valence-electron chi connectivity index (χ1n) is 7.91. The molecule has 5 nitrogen and oxygen atoms in total. The van der Waals surface area contributed by atoms with Gasteiger partial charge < -0.3 is 9.80 Å². The predicted molar refractivity (Wildman–Crippen MR) is 90.3 cm³/mol. The molecule has 1 aliphatic rings. The maximum absolute atomic E-state index is 12.6. The molecule has 1 aliphatic heterocycles. The Morgan fingerprint density at radius 2 is 1.65 bits per heavy atom. The monoisotopic (exact) mass is 310 g/mol. The van der Waals surface area contributed by atoms with E-state index in [0.717, 1.165) is 37.4 Å². The molecular formula is C18H22N4O. The van der Waals surface area contributed by atoms with Crippen LogP contribution in [0.15, 0.2) is 30.6 Å². The van der Waals surface area contributed by atoms with Crippen molar-refractivity contribution in [2.75, 3.05) is 33.2 Å². The molecule has 1 aromatic heterocycles. The number of carbonyl (C=O) groups is 1. The maximum atomic E-state index is 12.6. The van der Waals surface area contributed by atoms with Crippen molar-refractivity contribution in [1.82, 2.24) is 19.8 Å². The van der Waals surface area contributed by atoms with Gasteiger partial charge in [0.15, 0.2) is 0 Å². The normalized spacial score (nSPS) is 15.7. The van der Waals surface area contributed by atoms with Gasteiger partial charge in [-0.3, -0.25) is 9.78 Å². The van der Waals surface area contributed by atoms with Gasteiger partial charge in [0.05, 0.1) is 18.1 Å². The Balaban J connectivity index is 1.86. The number of aromatic nitrogens is 2. The minimum Gasteiger partial charge on any atom is -0.335 e. The molecule has 1 aromatic carbocycles. The highest BCUT2D eigenvalue weighted by Crippen LogP contribution is 2.20. The highest BCUT2D eigenvalue weighted by atomic mass is 16.2. The van der Waals surface area contributed by atoms with E-state index in [9.17, 15) is 4.79 Å². The van der Waals surface area contributed by atoms with Crippen molar-refractivity contribution in [3.05, 3.63) is 47.4 Å². The molecule has 2 heterocycles. The van der Waals surface area contributed by atoms with E-state index in [0.29, 0.717) is 5.69 Å². The Labute approximate surface area is 137 Å². The fourth-order valence-electron chi connectivity index (χ4n) is 2.90. The fourth-order valence-corrected chi connectivity index (χ4v) is 2.90. The summed E-state index contributed by atoms with van der Waals surface area (Å²) in [5.41, 5.74) is 4.53. The second kappa shape index (κ2) is 6.46. The molecule has 0 unspecified atom stereocenters. The lowest BCUT2D eigenvalue weighted by atomic mass is 10.1. The third-order valence-corrected chi connectivity index (χ3v) is 4.16. The number of nitrogens with zero attached hydrogens (tertiary/aromatic N) is 4. The molecule has 5 heteroatoms. The number of rotatable bonds is 2. The van der Waals surface area contributed by atoms with Gasteiger partial charge in [-0.05, 0) is 33.0 Å². The summed E-state index contributed by atoms with van der Waals surface area (Å²) in [5, 5.41) is 0. The minimum absolute atomic E-state index is 0.0307. The van der Waals surface area contributed by atoms with Crippen molar-refractivity contribution in [2.24, 2.45) is 0 Å². The van der Waals surface area contributed by atoms with Gasteiger partial charge in [0.25, 0.3) is 5.91 Å². The largest absolute Gasteiger partial charge is 0.335 e. The summed E-state index contributed by atoms with van der Waals surface area (Å²) in [5.74, 6) is -0.0307. The Morgan fingerprint density at radius 1 is 1.00 bits per heavy atom. The zero-order valence-corrected chi connectivity index (χ0v) is 13.9. The SMILES string of the molecule is Cc1cc(C)cc(-c2cncc(C(=O)N3CCN(C)CC3)n2)c1. The van der Waals surface area contributed by atoms with E-state index in [1.807, 2.05) is 4.90 Å². The summed E-state index contributed by atoms with van der Waals surface area (Å²) in [4.78, 5) is 25.5. The van der Waals surface area contributed by atoms with E-state index in [1.165, 1.54) is 11.1 Å². The second-order valence-corrected chi connectivity index (χ2v) is 6.26. The van der Waals surface area contributed by atoms with Crippen molar-refractivity contribution >= 4 is 5.91 Å². The Hall–Kier alpha value is -2.27. The number of likely N-dealkylation sites (N-methyl/N-ethyl adjacent to an activating group) is 1. The molecule has 0 bridgehead atoms.